The summed E-state index contributed by atoms with van der Waals surface area (Å²) in [5, 5.41) is 13.6. The number of nitriles is 1. The first-order valence-electron chi connectivity index (χ1n) is 1.12. The fraction of sp³-hybridized carbons (Fsp3) is 0. The molecule has 8 heavy (non-hydrogen) atoms. The highest BCUT2D eigenvalue weighted by Gasteiger charge is 1.97. The van der Waals surface area contributed by atoms with E-state index < -0.39 is 10.4 Å². The molecule has 2 N–H and O–H groups in total. The molecule has 0 aliphatic carbocycles. The van der Waals surface area contributed by atoms with Gasteiger partial charge in [-0.2, -0.15) is 8.42 Å². The second kappa shape index (κ2) is 4.48. The van der Waals surface area contributed by atoms with E-state index in [2.05, 4.69) is 10.9 Å². The normalized spacial score (nSPS) is 9.00. The molecule has 0 unspecified atom stereocenters. The molecule has 0 aromatic carbocycles. The average molecular weight is 141 g/mol. The summed E-state index contributed by atoms with van der Waals surface area (Å²) >= 11 is 0. The molecule has 0 aromatic heterocycles. The lowest BCUT2D eigenvalue weighted by Crippen LogP contribution is -1.97. The maximum atomic E-state index is 9.08. The van der Waals surface area contributed by atoms with Crippen molar-refractivity contribution in [3.05, 3.63) is 0 Å². The Morgan fingerprint density at radius 2 is 1.62 bits per heavy atom. The van der Waals surface area contributed by atoms with Crippen molar-refractivity contribution in [1.82, 2.24) is 0 Å². The molecule has 48 valence electrons. The van der Waals surface area contributed by atoms with Crippen LogP contribution in [-0.2, 0) is 14.7 Å². The first kappa shape index (κ1) is 10.3. The van der Waals surface area contributed by atoms with Gasteiger partial charge in [0.1, 0.15) is 0 Å². The van der Waals surface area contributed by atoms with Gasteiger partial charge in [0.2, 0.25) is 0 Å². The molecule has 0 atom stereocenters. The van der Waals surface area contributed by atoms with Gasteiger partial charge in [-0.1, -0.05) is 4.33 Å². The van der Waals surface area contributed by atoms with E-state index in [1.807, 2.05) is 0 Å². The lowest BCUT2D eigenvalue weighted by atomic mass is 11.9. The third-order valence-electron chi connectivity index (χ3n) is 0.0942. The van der Waals surface area contributed by atoms with E-state index in [0.29, 0.717) is 0 Å². The van der Waals surface area contributed by atoms with Crippen LogP contribution in [-0.4, -0.2) is 18.2 Å². The minimum Gasteiger partial charge on any atom is -0.262 e. The van der Waals surface area contributed by atoms with Crippen LogP contribution >= 0.6 is 0 Å². The van der Waals surface area contributed by atoms with Crippen molar-refractivity contribution in [3.8, 4) is 6.57 Å². The van der Waals surface area contributed by atoms with Gasteiger partial charge >= 0.3 is 10.4 Å². The van der Waals surface area contributed by atoms with Crippen LogP contribution in [0.15, 0.2) is 0 Å². The lowest BCUT2D eigenvalue weighted by molar-refractivity contribution is -0.139. The van der Waals surface area contributed by atoms with Crippen LogP contribution < -0.4 is 0 Å². The van der Waals surface area contributed by atoms with Gasteiger partial charge in [-0.05, 0) is 0 Å². The fourth-order valence-corrected chi connectivity index (χ4v) is 0. The van der Waals surface area contributed by atoms with Crippen LogP contribution in [0.1, 0.15) is 0 Å². The zero-order valence-electron chi connectivity index (χ0n) is 3.55. The van der Waals surface area contributed by atoms with Crippen molar-refractivity contribution in [2.24, 2.45) is 0 Å². The van der Waals surface area contributed by atoms with Crippen LogP contribution in [0.5, 0.6) is 0 Å². The van der Waals surface area contributed by atoms with Crippen LogP contribution in [0.2, 0.25) is 0 Å². The maximum Gasteiger partial charge on any atom is 0.423 e. The molecule has 0 aliphatic rings. The summed E-state index contributed by atoms with van der Waals surface area (Å²) in [7, 11) is -4.61. The second-order valence-corrected chi connectivity index (χ2v) is 1.51. The molecular formula is CH3NO5S. The molecule has 0 heterocycles. The first-order valence-corrected chi connectivity index (χ1v) is 2.49. The minimum atomic E-state index is -4.61. The summed E-state index contributed by atoms with van der Waals surface area (Å²) in [5.74, 6) is 0. The van der Waals surface area contributed by atoms with Gasteiger partial charge in [0.25, 0.3) is 0 Å². The molecule has 0 saturated carbocycles. The number of rotatable bonds is 1. The summed E-state index contributed by atoms with van der Waals surface area (Å²) in [6.07, 6.45) is 0. The molecule has 0 rings (SSSR count). The zero-order valence-corrected chi connectivity index (χ0v) is 4.37. The Bertz CT molecular complexity index is 143. The van der Waals surface area contributed by atoms with Gasteiger partial charge in [-0.3, -0.25) is 4.55 Å². The summed E-state index contributed by atoms with van der Waals surface area (Å²) < 4.78 is 28.0. The summed E-state index contributed by atoms with van der Waals surface area (Å²) in [4.78, 5) is 0. The standard InChI is InChI=1S/CHN.H2O5S/c1-2;1-5-6(2,3)4/h1H;1H,(H,2,3,4). The minimum absolute atomic E-state index is 2.47. The van der Waals surface area contributed by atoms with E-state index >= 15 is 0 Å². The molecule has 0 aromatic rings. The summed E-state index contributed by atoms with van der Waals surface area (Å²) in [6.45, 7) is 3.50. The Hall–Kier alpha value is -0.680. The molecule has 7 heteroatoms. The van der Waals surface area contributed by atoms with Crippen LogP contribution in [0, 0.1) is 11.8 Å². The van der Waals surface area contributed by atoms with Crippen molar-refractivity contribution < 1.29 is 22.6 Å². The summed E-state index contributed by atoms with van der Waals surface area (Å²) in [5.41, 5.74) is 0. The van der Waals surface area contributed by atoms with Crippen molar-refractivity contribution in [2.45, 2.75) is 0 Å². The third-order valence-corrected chi connectivity index (χ3v) is 0.283. The van der Waals surface area contributed by atoms with Gasteiger partial charge in [-0.25, -0.2) is 10.5 Å². The Balaban J connectivity index is 0. The van der Waals surface area contributed by atoms with Gasteiger partial charge in [0.05, 0.1) is 0 Å². The van der Waals surface area contributed by atoms with E-state index in [0.717, 1.165) is 0 Å². The smallest absolute Gasteiger partial charge is 0.262 e. The Kier molecular flexibility index (Phi) is 5.78. The average Bonchev–Trinajstić information content (AvgIpc) is 1.71. The van der Waals surface area contributed by atoms with E-state index in [-0.39, 0.29) is 0 Å². The third kappa shape index (κ3) is 18.4. The van der Waals surface area contributed by atoms with Crippen LogP contribution in [0.4, 0.5) is 0 Å². The zero-order chi connectivity index (χ0) is 7.21. The highest BCUT2D eigenvalue weighted by Crippen LogP contribution is 1.74. The number of hydrogen-bond acceptors (Lipinski definition) is 5. The SMILES string of the molecule is C#N.O=S(=O)(O)OO. The van der Waals surface area contributed by atoms with Gasteiger partial charge in [0.15, 0.2) is 0 Å². The van der Waals surface area contributed by atoms with Crippen molar-refractivity contribution in [3.63, 3.8) is 0 Å². The van der Waals surface area contributed by atoms with Crippen LogP contribution in [0.25, 0.3) is 0 Å². The van der Waals surface area contributed by atoms with Crippen molar-refractivity contribution >= 4 is 10.4 Å². The molecule has 0 radical (unpaired) electrons. The van der Waals surface area contributed by atoms with Crippen molar-refractivity contribution in [2.75, 3.05) is 0 Å². The van der Waals surface area contributed by atoms with E-state index in [9.17, 15) is 0 Å². The van der Waals surface area contributed by atoms with E-state index in [4.69, 9.17) is 23.5 Å². The fourth-order valence-electron chi connectivity index (χ4n) is 0. The quantitative estimate of drug-likeness (QED) is 0.287. The topological polar surface area (TPSA) is 108 Å². The van der Waals surface area contributed by atoms with E-state index in [1.54, 1.807) is 0 Å². The largest absolute Gasteiger partial charge is 0.423 e. The number of hydrogen-bond donors (Lipinski definition) is 2. The molecule has 0 saturated heterocycles. The Labute approximate surface area is 45.8 Å². The first-order chi connectivity index (χ1) is 3.56. The Morgan fingerprint density at radius 3 is 1.62 bits per heavy atom. The number of nitrogens with zero attached hydrogens (tertiary/aromatic N) is 1. The molecule has 0 amide bonds. The predicted octanol–water partition coefficient (Wildman–Crippen LogP) is -0.581. The second-order valence-electron chi connectivity index (χ2n) is 0.502. The molecule has 6 nitrogen and oxygen atoms in total. The Morgan fingerprint density at radius 1 is 1.50 bits per heavy atom. The molecule has 0 spiro atoms. The maximum absolute atomic E-state index is 9.08. The molecule has 0 bridgehead atoms. The van der Waals surface area contributed by atoms with Gasteiger partial charge < -0.3 is 0 Å². The highest BCUT2D eigenvalue weighted by molar-refractivity contribution is 7.80. The summed E-state index contributed by atoms with van der Waals surface area (Å²) in [6, 6.07) is 0. The van der Waals surface area contributed by atoms with E-state index in [1.165, 1.54) is 0 Å². The van der Waals surface area contributed by atoms with Gasteiger partial charge in [0, 0.05) is 6.57 Å². The monoisotopic (exact) mass is 141 g/mol. The molecule has 0 aliphatic heterocycles. The van der Waals surface area contributed by atoms with Crippen molar-refractivity contribution in [1.29, 1.82) is 5.26 Å². The predicted molar refractivity (Wildman–Crippen MR) is 21.9 cm³/mol. The molecular weight excluding hydrogens is 138 g/mol. The van der Waals surface area contributed by atoms with Gasteiger partial charge in [-0.15, -0.1) is 0 Å². The lowest BCUT2D eigenvalue weighted by Gasteiger charge is -1.79. The van der Waals surface area contributed by atoms with Crippen LogP contribution in [0.3, 0.4) is 0 Å². The highest BCUT2D eigenvalue weighted by atomic mass is 32.3. The molecule has 0 fully saturated rings.